The van der Waals surface area contributed by atoms with Crippen LogP contribution in [0.1, 0.15) is 12.8 Å². The molecule has 0 saturated carbocycles. The minimum Gasteiger partial charge on any atom is -0.469 e. The van der Waals surface area contributed by atoms with Crippen LogP contribution in [0.15, 0.2) is 0 Å². The van der Waals surface area contributed by atoms with Gasteiger partial charge in [-0.3, -0.25) is 9.59 Å². The Morgan fingerprint density at radius 1 is 1.47 bits per heavy atom. The Hall–Kier alpha value is -1.54. The van der Waals surface area contributed by atoms with E-state index in [-0.39, 0.29) is 24.3 Å². The Labute approximate surface area is 101 Å². The third-order valence-electron chi connectivity index (χ3n) is 3.03. The number of likely N-dealkylation sites (tertiary alicyclic amines) is 1. The highest BCUT2D eigenvalue weighted by atomic mass is 16.5. The summed E-state index contributed by atoms with van der Waals surface area (Å²) in [4.78, 5) is 23.9. The monoisotopic (exact) mass is 239 g/mol. The van der Waals surface area contributed by atoms with E-state index in [9.17, 15) is 9.59 Å². The molecule has 1 rings (SSSR count). The van der Waals surface area contributed by atoms with Crippen molar-refractivity contribution in [2.75, 3.05) is 33.3 Å². The number of terminal acetylenes is 1. The van der Waals surface area contributed by atoms with Gasteiger partial charge in [0.05, 0.1) is 32.7 Å². The normalized spacial score (nSPS) is 23.5. The number of carbonyl (C=O) groups is 2. The Bertz CT molecular complexity index is 314. The molecule has 17 heavy (non-hydrogen) atoms. The number of amides is 1. The average molecular weight is 239 g/mol. The molecule has 0 aromatic heterocycles. The predicted molar refractivity (Wildman–Crippen MR) is 62.1 cm³/mol. The van der Waals surface area contributed by atoms with E-state index in [4.69, 9.17) is 11.2 Å². The van der Waals surface area contributed by atoms with E-state index >= 15 is 0 Å². The summed E-state index contributed by atoms with van der Waals surface area (Å²) in [6.45, 7) is 2.35. The number of rotatable bonds is 4. The number of esters is 1. The molecule has 1 heterocycles. The van der Waals surface area contributed by atoms with Crippen molar-refractivity contribution in [3.63, 3.8) is 0 Å². The minimum absolute atomic E-state index is 0.00230. The first-order valence-electron chi connectivity index (χ1n) is 5.79. The second-order valence-electron chi connectivity index (χ2n) is 4.21. The smallest absolute Gasteiger partial charge is 0.309 e. The molecule has 1 saturated heterocycles. The van der Waals surface area contributed by atoms with Gasteiger partial charge in [0, 0.05) is 12.8 Å². The molecule has 1 fully saturated rings. The molecule has 1 aliphatic heterocycles. The Balaban J connectivity index is 2.25. The van der Waals surface area contributed by atoms with Gasteiger partial charge in [-0.15, -0.1) is 6.42 Å². The van der Waals surface area contributed by atoms with E-state index in [1.165, 1.54) is 12.0 Å². The molecule has 1 amide bonds. The molecule has 0 aliphatic carbocycles. The van der Waals surface area contributed by atoms with E-state index in [0.717, 1.165) is 25.9 Å². The van der Waals surface area contributed by atoms with Crippen molar-refractivity contribution in [1.82, 2.24) is 5.32 Å². The van der Waals surface area contributed by atoms with Crippen molar-refractivity contribution in [1.29, 1.82) is 0 Å². The molecule has 1 aliphatic rings. The number of nitrogens with one attached hydrogen (secondary N) is 2. The number of carbonyl (C=O) groups excluding carboxylic acids is 2. The van der Waals surface area contributed by atoms with E-state index in [0.29, 0.717) is 6.54 Å². The lowest BCUT2D eigenvalue weighted by Crippen LogP contribution is -3.14. The second kappa shape index (κ2) is 6.92. The van der Waals surface area contributed by atoms with Crippen molar-refractivity contribution in [3.05, 3.63) is 0 Å². The fourth-order valence-corrected chi connectivity index (χ4v) is 2.04. The maximum atomic E-state index is 11.4. The van der Waals surface area contributed by atoms with Gasteiger partial charge in [0.15, 0.2) is 6.54 Å². The minimum atomic E-state index is -0.138. The molecule has 0 spiro atoms. The fraction of sp³-hybridized carbons (Fsp3) is 0.667. The van der Waals surface area contributed by atoms with Gasteiger partial charge in [-0.1, -0.05) is 5.92 Å². The molecule has 0 bridgehead atoms. The van der Waals surface area contributed by atoms with E-state index in [1.807, 2.05) is 0 Å². The molecule has 2 N–H and O–H groups in total. The van der Waals surface area contributed by atoms with Crippen LogP contribution in [-0.2, 0) is 14.3 Å². The summed E-state index contributed by atoms with van der Waals surface area (Å²) >= 11 is 0. The van der Waals surface area contributed by atoms with Crippen LogP contribution in [0.5, 0.6) is 0 Å². The van der Waals surface area contributed by atoms with Crippen LogP contribution < -0.4 is 10.2 Å². The van der Waals surface area contributed by atoms with Gasteiger partial charge < -0.3 is 15.0 Å². The largest absolute Gasteiger partial charge is 0.469 e. The van der Waals surface area contributed by atoms with Crippen molar-refractivity contribution < 1.29 is 19.2 Å². The zero-order chi connectivity index (χ0) is 12.7. The Morgan fingerprint density at radius 2 is 2.12 bits per heavy atom. The summed E-state index contributed by atoms with van der Waals surface area (Å²) in [5.74, 6) is 2.19. The van der Waals surface area contributed by atoms with Gasteiger partial charge in [-0.2, -0.15) is 0 Å². The lowest BCUT2D eigenvalue weighted by molar-refractivity contribution is -0.897. The van der Waals surface area contributed by atoms with Gasteiger partial charge in [-0.25, -0.2) is 0 Å². The van der Waals surface area contributed by atoms with E-state index in [2.05, 4.69) is 11.2 Å². The summed E-state index contributed by atoms with van der Waals surface area (Å²) < 4.78 is 4.71. The highest BCUT2D eigenvalue weighted by Crippen LogP contribution is 2.10. The van der Waals surface area contributed by atoms with Gasteiger partial charge in [0.1, 0.15) is 0 Å². The second-order valence-corrected chi connectivity index (χ2v) is 4.21. The molecule has 5 nitrogen and oxygen atoms in total. The standard InChI is InChI=1S/C12H18N2O3/c1-3-6-13-11(15)9-14-7-4-10(5-8-14)12(16)17-2/h1,10H,4-9H2,2H3,(H,13,15)/p+1. The molecular formula is C12H19N2O3+. The number of hydrogen-bond acceptors (Lipinski definition) is 3. The van der Waals surface area contributed by atoms with E-state index in [1.54, 1.807) is 0 Å². The average Bonchev–Trinajstić information content (AvgIpc) is 2.36. The quantitative estimate of drug-likeness (QED) is 0.450. The maximum absolute atomic E-state index is 11.4. The maximum Gasteiger partial charge on any atom is 0.309 e. The number of piperidine rings is 1. The van der Waals surface area contributed by atoms with Crippen LogP contribution in [0.3, 0.4) is 0 Å². The number of quaternary nitrogens is 1. The highest BCUT2D eigenvalue weighted by Gasteiger charge is 2.28. The highest BCUT2D eigenvalue weighted by molar-refractivity contribution is 5.77. The summed E-state index contributed by atoms with van der Waals surface area (Å²) in [5.41, 5.74) is 0. The molecule has 0 aromatic carbocycles. The molecule has 0 unspecified atom stereocenters. The zero-order valence-electron chi connectivity index (χ0n) is 10.1. The lowest BCUT2D eigenvalue weighted by atomic mass is 9.97. The van der Waals surface area contributed by atoms with Crippen molar-refractivity contribution in [2.45, 2.75) is 12.8 Å². The molecule has 0 aromatic rings. The van der Waals surface area contributed by atoms with Crippen LogP contribution in [0, 0.1) is 18.3 Å². The van der Waals surface area contributed by atoms with Crippen molar-refractivity contribution in [2.24, 2.45) is 5.92 Å². The first-order valence-corrected chi connectivity index (χ1v) is 5.79. The summed E-state index contributed by atoms with van der Waals surface area (Å²) in [6, 6.07) is 0. The third-order valence-corrected chi connectivity index (χ3v) is 3.03. The van der Waals surface area contributed by atoms with Gasteiger partial charge in [-0.05, 0) is 0 Å². The number of hydrogen-bond donors (Lipinski definition) is 2. The zero-order valence-corrected chi connectivity index (χ0v) is 10.1. The molecule has 5 heteroatoms. The summed E-state index contributed by atoms with van der Waals surface area (Å²) in [5, 5.41) is 2.64. The van der Waals surface area contributed by atoms with E-state index < -0.39 is 0 Å². The number of ether oxygens (including phenoxy) is 1. The lowest BCUT2D eigenvalue weighted by Gasteiger charge is -2.27. The van der Waals surface area contributed by atoms with Crippen molar-refractivity contribution in [3.8, 4) is 12.3 Å². The first kappa shape index (κ1) is 13.5. The first-order chi connectivity index (χ1) is 8.17. The Morgan fingerprint density at radius 3 is 2.65 bits per heavy atom. The van der Waals surface area contributed by atoms with Crippen LogP contribution in [0.4, 0.5) is 0 Å². The molecule has 0 atom stereocenters. The van der Waals surface area contributed by atoms with Crippen molar-refractivity contribution >= 4 is 11.9 Å². The van der Waals surface area contributed by atoms with Gasteiger partial charge in [0.25, 0.3) is 5.91 Å². The van der Waals surface area contributed by atoms with Crippen LogP contribution in [-0.4, -0.2) is 45.2 Å². The molecule has 94 valence electrons. The summed E-state index contributed by atoms with van der Waals surface area (Å²) in [7, 11) is 1.41. The van der Waals surface area contributed by atoms with Crippen LogP contribution >= 0.6 is 0 Å². The van der Waals surface area contributed by atoms with Crippen LogP contribution in [0.25, 0.3) is 0 Å². The topological polar surface area (TPSA) is 59.8 Å². The fourth-order valence-electron chi connectivity index (χ4n) is 2.04. The van der Waals surface area contributed by atoms with Gasteiger partial charge in [0.2, 0.25) is 0 Å². The predicted octanol–water partition coefficient (Wildman–Crippen LogP) is -1.80. The van der Waals surface area contributed by atoms with Crippen LogP contribution in [0.2, 0.25) is 0 Å². The SMILES string of the molecule is C#CCNC(=O)C[NH+]1CCC(C(=O)OC)CC1. The summed E-state index contributed by atoms with van der Waals surface area (Å²) in [6.07, 6.45) is 6.62. The number of methoxy groups -OCH3 is 1. The molecule has 0 radical (unpaired) electrons. The van der Waals surface area contributed by atoms with Gasteiger partial charge >= 0.3 is 5.97 Å². The Kier molecular flexibility index (Phi) is 5.50. The molecular weight excluding hydrogens is 220 g/mol. The third kappa shape index (κ3) is 4.45.